The van der Waals surface area contributed by atoms with Crippen molar-refractivity contribution in [1.29, 1.82) is 0 Å². The Morgan fingerprint density at radius 1 is 0.958 bits per heavy atom. The second-order valence-corrected chi connectivity index (χ2v) is 9.80. The molecule has 0 bridgehead atoms. The standard InChI is InChI=1S/C15H25N3O4S2/c1-4-17(5-2)23(19,20)14-6-8-15(9-7-14)24(21,22)18-12-10-16(3)11-13-18/h6-9H,4-5,10-13H2,1-3H3/p+1. The van der Waals surface area contributed by atoms with E-state index < -0.39 is 20.0 Å². The number of hydrogen-bond acceptors (Lipinski definition) is 4. The molecule has 136 valence electrons. The quantitative estimate of drug-likeness (QED) is 0.708. The monoisotopic (exact) mass is 376 g/mol. The Kier molecular flexibility index (Phi) is 6.03. The highest BCUT2D eigenvalue weighted by Crippen LogP contribution is 2.20. The number of likely N-dealkylation sites (N-methyl/N-ethyl adjacent to an activating group) is 1. The van der Waals surface area contributed by atoms with Gasteiger partial charge in [-0.05, 0) is 24.3 Å². The summed E-state index contributed by atoms with van der Waals surface area (Å²) in [4.78, 5) is 1.57. The number of hydrogen-bond donors (Lipinski definition) is 1. The fourth-order valence-electron chi connectivity index (χ4n) is 2.75. The van der Waals surface area contributed by atoms with Gasteiger partial charge < -0.3 is 4.90 Å². The first-order valence-electron chi connectivity index (χ1n) is 8.15. The lowest BCUT2D eigenvalue weighted by Crippen LogP contribution is -3.12. The summed E-state index contributed by atoms with van der Waals surface area (Å²) in [5, 5.41) is 0. The van der Waals surface area contributed by atoms with Crippen molar-refractivity contribution < 1.29 is 21.7 Å². The van der Waals surface area contributed by atoms with Gasteiger partial charge in [0.15, 0.2) is 0 Å². The van der Waals surface area contributed by atoms with Crippen LogP contribution in [-0.2, 0) is 20.0 Å². The van der Waals surface area contributed by atoms with Gasteiger partial charge in [0.05, 0.1) is 43.0 Å². The summed E-state index contributed by atoms with van der Waals surface area (Å²) < 4.78 is 53.0. The first-order chi connectivity index (χ1) is 11.2. The van der Waals surface area contributed by atoms with E-state index in [9.17, 15) is 16.8 Å². The molecule has 0 spiro atoms. The lowest BCUT2D eigenvalue weighted by molar-refractivity contribution is -0.883. The molecule has 1 heterocycles. The van der Waals surface area contributed by atoms with Crippen molar-refractivity contribution in [3.05, 3.63) is 24.3 Å². The van der Waals surface area contributed by atoms with Crippen LogP contribution >= 0.6 is 0 Å². The molecule has 1 N–H and O–H groups in total. The van der Waals surface area contributed by atoms with Gasteiger partial charge in [0, 0.05) is 13.1 Å². The molecule has 0 aromatic heterocycles. The first kappa shape index (κ1) is 19.3. The number of nitrogens with one attached hydrogen (secondary N) is 1. The van der Waals surface area contributed by atoms with Crippen molar-refractivity contribution in [1.82, 2.24) is 8.61 Å². The molecule has 2 rings (SSSR count). The fraction of sp³-hybridized carbons (Fsp3) is 0.600. The van der Waals surface area contributed by atoms with Crippen molar-refractivity contribution in [2.45, 2.75) is 23.6 Å². The Bertz CT molecular complexity index is 748. The summed E-state index contributed by atoms with van der Waals surface area (Å²) in [6, 6.07) is 5.53. The molecule has 1 saturated heterocycles. The van der Waals surface area contributed by atoms with E-state index in [1.54, 1.807) is 13.8 Å². The Morgan fingerprint density at radius 2 is 1.42 bits per heavy atom. The zero-order valence-corrected chi connectivity index (χ0v) is 16.0. The molecule has 24 heavy (non-hydrogen) atoms. The Hall–Kier alpha value is -1.00. The number of nitrogens with zero attached hydrogens (tertiary/aromatic N) is 2. The van der Waals surface area contributed by atoms with Crippen LogP contribution in [0.1, 0.15) is 13.8 Å². The topological polar surface area (TPSA) is 79.2 Å². The molecule has 0 amide bonds. The molecule has 1 aromatic carbocycles. The third-order valence-corrected chi connectivity index (χ3v) is 8.36. The second kappa shape index (κ2) is 7.49. The number of benzene rings is 1. The molecular formula is C15H26N3O4S2+. The summed E-state index contributed by atoms with van der Waals surface area (Å²) >= 11 is 0. The SMILES string of the molecule is CCN(CC)S(=O)(=O)c1ccc(S(=O)(=O)N2CC[NH+](C)CC2)cc1. The summed E-state index contributed by atoms with van der Waals surface area (Å²) in [5.41, 5.74) is 0. The van der Waals surface area contributed by atoms with E-state index in [1.165, 1.54) is 37.8 Å². The number of rotatable bonds is 6. The van der Waals surface area contributed by atoms with E-state index in [1.807, 2.05) is 7.05 Å². The highest BCUT2D eigenvalue weighted by Gasteiger charge is 2.30. The van der Waals surface area contributed by atoms with E-state index in [0.717, 1.165) is 13.1 Å². The van der Waals surface area contributed by atoms with Crippen molar-refractivity contribution in [3.8, 4) is 0 Å². The van der Waals surface area contributed by atoms with Gasteiger partial charge in [0.2, 0.25) is 20.0 Å². The summed E-state index contributed by atoms with van der Waals surface area (Å²) in [6.45, 7) is 6.80. The van der Waals surface area contributed by atoms with Crippen LogP contribution in [0.3, 0.4) is 0 Å². The number of piperazine rings is 1. The van der Waals surface area contributed by atoms with Gasteiger partial charge in [-0.25, -0.2) is 16.8 Å². The van der Waals surface area contributed by atoms with Crippen LogP contribution in [0, 0.1) is 0 Å². The van der Waals surface area contributed by atoms with Gasteiger partial charge in [-0.15, -0.1) is 0 Å². The lowest BCUT2D eigenvalue weighted by Gasteiger charge is -2.29. The summed E-state index contributed by atoms with van der Waals surface area (Å²) in [7, 11) is -5.10. The minimum atomic E-state index is -3.57. The molecule has 9 heteroatoms. The maximum Gasteiger partial charge on any atom is 0.243 e. The summed E-state index contributed by atoms with van der Waals surface area (Å²) in [5.74, 6) is 0. The van der Waals surface area contributed by atoms with Crippen LogP contribution in [0.25, 0.3) is 0 Å². The molecule has 0 aliphatic carbocycles. The highest BCUT2D eigenvalue weighted by molar-refractivity contribution is 7.89. The van der Waals surface area contributed by atoms with Crippen LogP contribution < -0.4 is 4.90 Å². The van der Waals surface area contributed by atoms with Crippen molar-refractivity contribution in [2.75, 3.05) is 46.3 Å². The van der Waals surface area contributed by atoms with Gasteiger partial charge >= 0.3 is 0 Å². The molecule has 1 aliphatic rings. The Morgan fingerprint density at radius 3 is 1.88 bits per heavy atom. The minimum absolute atomic E-state index is 0.118. The van der Waals surface area contributed by atoms with Crippen molar-refractivity contribution in [3.63, 3.8) is 0 Å². The Labute approximate surface area is 145 Å². The van der Waals surface area contributed by atoms with Gasteiger partial charge in [-0.2, -0.15) is 8.61 Å². The van der Waals surface area contributed by atoms with E-state index >= 15 is 0 Å². The molecule has 1 aliphatic heterocycles. The van der Waals surface area contributed by atoms with Gasteiger partial charge in [-0.1, -0.05) is 13.8 Å². The third kappa shape index (κ3) is 3.80. The minimum Gasteiger partial charge on any atom is -0.335 e. The van der Waals surface area contributed by atoms with Crippen molar-refractivity contribution >= 4 is 20.0 Å². The van der Waals surface area contributed by atoms with Crippen LogP contribution in [0.2, 0.25) is 0 Å². The average molecular weight is 377 g/mol. The molecule has 0 unspecified atom stereocenters. The predicted molar refractivity (Wildman–Crippen MR) is 91.9 cm³/mol. The number of sulfonamides is 2. The third-order valence-electron chi connectivity index (χ3n) is 4.38. The molecular weight excluding hydrogens is 350 g/mol. The van der Waals surface area contributed by atoms with Gasteiger partial charge in [0.1, 0.15) is 0 Å². The van der Waals surface area contributed by atoms with E-state index in [-0.39, 0.29) is 9.79 Å². The fourth-order valence-corrected chi connectivity index (χ4v) is 5.65. The van der Waals surface area contributed by atoms with Crippen LogP contribution in [0.15, 0.2) is 34.1 Å². The molecule has 0 saturated carbocycles. The molecule has 0 radical (unpaired) electrons. The normalized spacial score (nSPS) is 18.2. The van der Waals surface area contributed by atoms with E-state index in [2.05, 4.69) is 0 Å². The number of quaternary nitrogens is 1. The van der Waals surface area contributed by atoms with Crippen LogP contribution in [0.5, 0.6) is 0 Å². The molecule has 0 atom stereocenters. The largest absolute Gasteiger partial charge is 0.335 e. The van der Waals surface area contributed by atoms with Gasteiger partial charge in [0.25, 0.3) is 0 Å². The van der Waals surface area contributed by atoms with E-state index in [0.29, 0.717) is 26.2 Å². The molecule has 1 aromatic rings. The average Bonchev–Trinajstić information content (AvgIpc) is 2.56. The van der Waals surface area contributed by atoms with Gasteiger partial charge in [-0.3, -0.25) is 0 Å². The zero-order valence-electron chi connectivity index (χ0n) is 14.4. The zero-order chi connectivity index (χ0) is 18.0. The van der Waals surface area contributed by atoms with Crippen LogP contribution in [0.4, 0.5) is 0 Å². The smallest absolute Gasteiger partial charge is 0.243 e. The first-order valence-corrected chi connectivity index (χ1v) is 11.0. The lowest BCUT2D eigenvalue weighted by atomic mass is 10.4. The molecule has 7 nitrogen and oxygen atoms in total. The maximum absolute atomic E-state index is 12.7. The molecule has 1 fully saturated rings. The van der Waals surface area contributed by atoms with E-state index in [4.69, 9.17) is 0 Å². The Balaban J connectivity index is 2.26. The maximum atomic E-state index is 12.7. The van der Waals surface area contributed by atoms with Crippen molar-refractivity contribution in [2.24, 2.45) is 0 Å². The predicted octanol–water partition coefficient (Wildman–Crippen LogP) is -0.764. The van der Waals surface area contributed by atoms with Crippen LogP contribution in [-0.4, -0.2) is 71.8 Å². The summed E-state index contributed by atoms with van der Waals surface area (Å²) in [6.07, 6.45) is 0. The highest BCUT2D eigenvalue weighted by atomic mass is 32.2. The second-order valence-electron chi connectivity index (χ2n) is 5.92.